The van der Waals surface area contributed by atoms with Gasteiger partial charge in [0.05, 0.1) is 6.61 Å². The number of aryl methyl sites for hydroxylation is 1. The molecule has 5 heteroatoms. The molecule has 3 aromatic rings. The van der Waals surface area contributed by atoms with Crippen molar-refractivity contribution < 1.29 is 4.74 Å². The van der Waals surface area contributed by atoms with Crippen molar-refractivity contribution in [2.45, 2.75) is 20.0 Å². The summed E-state index contributed by atoms with van der Waals surface area (Å²) in [5, 5.41) is 6.57. The topological polar surface area (TPSA) is 29.4 Å². The SMILES string of the molecule is CCn1c2ccccc2c2cc(CN(C)C(=S)NCCOC)ccc21. The zero-order chi connectivity index (χ0) is 17.8. The van der Waals surface area contributed by atoms with Crippen LogP contribution in [0.25, 0.3) is 21.8 Å². The van der Waals surface area contributed by atoms with E-state index in [1.54, 1.807) is 7.11 Å². The Morgan fingerprint density at radius 2 is 1.92 bits per heavy atom. The van der Waals surface area contributed by atoms with Gasteiger partial charge in [-0.15, -0.1) is 0 Å². The second kappa shape index (κ2) is 7.85. The second-order valence-corrected chi connectivity index (χ2v) is 6.58. The fourth-order valence-corrected chi connectivity index (χ4v) is 3.45. The van der Waals surface area contributed by atoms with Crippen molar-refractivity contribution in [3.8, 4) is 0 Å². The van der Waals surface area contributed by atoms with E-state index >= 15 is 0 Å². The minimum absolute atomic E-state index is 0.649. The molecule has 1 N–H and O–H groups in total. The largest absolute Gasteiger partial charge is 0.383 e. The third kappa shape index (κ3) is 3.62. The first-order chi connectivity index (χ1) is 12.2. The lowest BCUT2D eigenvalue weighted by Crippen LogP contribution is -2.38. The molecule has 0 amide bonds. The Bertz CT molecular complexity index is 887. The molecule has 0 saturated carbocycles. The molecular weight excluding hydrogens is 330 g/mol. The first-order valence-electron chi connectivity index (χ1n) is 8.63. The molecule has 132 valence electrons. The summed E-state index contributed by atoms with van der Waals surface area (Å²) in [5.41, 5.74) is 3.84. The molecule has 0 bridgehead atoms. The summed E-state index contributed by atoms with van der Waals surface area (Å²) < 4.78 is 7.42. The van der Waals surface area contributed by atoms with Crippen molar-refractivity contribution in [2.75, 3.05) is 27.3 Å². The van der Waals surface area contributed by atoms with Crippen LogP contribution < -0.4 is 5.32 Å². The molecule has 0 unspecified atom stereocenters. The van der Waals surface area contributed by atoms with Gasteiger partial charge >= 0.3 is 0 Å². The van der Waals surface area contributed by atoms with Gasteiger partial charge in [0.1, 0.15) is 0 Å². The van der Waals surface area contributed by atoms with Crippen LogP contribution in [0.3, 0.4) is 0 Å². The normalized spacial score (nSPS) is 11.2. The fourth-order valence-electron chi connectivity index (χ4n) is 3.28. The van der Waals surface area contributed by atoms with Crippen molar-refractivity contribution in [1.29, 1.82) is 0 Å². The van der Waals surface area contributed by atoms with Crippen molar-refractivity contribution in [3.05, 3.63) is 48.0 Å². The van der Waals surface area contributed by atoms with E-state index in [9.17, 15) is 0 Å². The lowest BCUT2D eigenvalue weighted by Gasteiger charge is -2.21. The Morgan fingerprint density at radius 1 is 1.16 bits per heavy atom. The summed E-state index contributed by atoms with van der Waals surface area (Å²) in [7, 11) is 3.71. The Morgan fingerprint density at radius 3 is 2.68 bits per heavy atom. The van der Waals surface area contributed by atoms with Crippen molar-refractivity contribution in [3.63, 3.8) is 0 Å². The molecule has 0 saturated heterocycles. The number of nitrogens with one attached hydrogen (secondary N) is 1. The van der Waals surface area contributed by atoms with E-state index in [1.165, 1.54) is 27.4 Å². The number of hydrogen-bond acceptors (Lipinski definition) is 2. The fraction of sp³-hybridized carbons (Fsp3) is 0.350. The van der Waals surface area contributed by atoms with E-state index in [0.29, 0.717) is 6.61 Å². The lowest BCUT2D eigenvalue weighted by atomic mass is 10.1. The highest BCUT2D eigenvalue weighted by molar-refractivity contribution is 7.80. The van der Waals surface area contributed by atoms with E-state index in [2.05, 4.69) is 64.2 Å². The van der Waals surface area contributed by atoms with E-state index < -0.39 is 0 Å². The molecule has 0 aliphatic carbocycles. The van der Waals surface area contributed by atoms with Gasteiger partial charge in [0.15, 0.2) is 5.11 Å². The first-order valence-corrected chi connectivity index (χ1v) is 9.04. The number of methoxy groups -OCH3 is 1. The van der Waals surface area contributed by atoms with Gasteiger partial charge in [-0.3, -0.25) is 0 Å². The zero-order valence-electron chi connectivity index (χ0n) is 15.1. The van der Waals surface area contributed by atoms with Gasteiger partial charge in [-0.05, 0) is 42.9 Å². The van der Waals surface area contributed by atoms with Crippen LogP contribution in [0.2, 0.25) is 0 Å². The molecule has 1 heterocycles. The van der Waals surface area contributed by atoms with Crippen LogP contribution in [0.5, 0.6) is 0 Å². The number of hydrogen-bond donors (Lipinski definition) is 1. The van der Waals surface area contributed by atoms with E-state index in [4.69, 9.17) is 17.0 Å². The van der Waals surface area contributed by atoms with Crippen molar-refractivity contribution >= 4 is 39.1 Å². The minimum Gasteiger partial charge on any atom is -0.383 e. The molecule has 0 spiro atoms. The van der Waals surface area contributed by atoms with Gasteiger partial charge in [-0.25, -0.2) is 0 Å². The highest BCUT2D eigenvalue weighted by atomic mass is 32.1. The van der Waals surface area contributed by atoms with Gasteiger partial charge in [0, 0.05) is 55.6 Å². The third-order valence-electron chi connectivity index (χ3n) is 4.50. The van der Waals surface area contributed by atoms with E-state index in [0.717, 1.165) is 24.7 Å². The smallest absolute Gasteiger partial charge is 0.169 e. The molecule has 0 radical (unpaired) electrons. The standard InChI is InChI=1S/C20H25N3OS/c1-4-23-18-8-6-5-7-16(18)17-13-15(9-10-19(17)23)14-22(2)20(25)21-11-12-24-3/h5-10,13H,4,11-12,14H2,1-3H3,(H,21,25). The van der Waals surface area contributed by atoms with Crippen LogP contribution in [0, 0.1) is 0 Å². The molecule has 3 rings (SSSR count). The zero-order valence-corrected chi connectivity index (χ0v) is 15.9. The van der Waals surface area contributed by atoms with Crippen LogP contribution in [0.15, 0.2) is 42.5 Å². The first kappa shape index (κ1) is 17.7. The molecule has 1 aromatic heterocycles. The molecule has 0 atom stereocenters. The highest BCUT2D eigenvalue weighted by Crippen LogP contribution is 2.29. The average molecular weight is 356 g/mol. The van der Waals surface area contributed by atoms with Gasteiger partial charge in [0.25, 0.3) is 0 Å². The van der Waals surface area contributed by atoms with Crippen molar-refractivity contribution in [2.24, 2.45) is 0 Å². The molecule has 2 aromatic carbocycles. The predicted octanol–water partition coefficient (Wildman–Crippen LogP) is 3.77. The molecule has 4 nitrogen and oxygen atoms in total. The van der Waals surface area contributed by atoms with Crippen molar-refractivity contribution in [1.82, 2.24) is 14.8 Å². The van der Waals surface area contributed by atoms with Gasteiger partial charge in [-0.1, -0.05) is 24.3 Å². The monoisotopic (exact) mass is 355 g/mol. The van der Waals surface area contributed by atoms with Crippen LogP contribution in [0.4, 0.5) is 0 Å². The Labute approximate surface area is 154 Å². The number of rotatable bonds is 6. The summed E-state index contributed by atoms with van der Waals surface area (Å²) in [6.07, 6.45) is 0. The van der Waals surface area contributed by atoms with Crippen LogP contribution in [-0.2, 0) is 17.8 Å². The molecule has 25 heavy (non-hydrogen) atoms. The third-order valence-corrected chi connectivity index (χ3v) is 4.96. The second-order valence-electron chi connectivity index (χ2n) is 6.19. The van der Waals surface area contributed by atoms with Crippen LogP contribution in [0.1, 0.15) is 12.5 Å². The van der Waals surface area contributed by atoms with E-state index in [-0.39, 0.29) is 0 Å². The number of thiocarbonyl (C=S) groups is 1. The van der Waals surface area contributed by atoms with Gasteiger partial charge in [0.2, 0.25) is 0 Å². The maximum absolute atomic E-state index is 5.44. The number of fused-ring (bicyclic) bond motifs is 3. The molecule has 0 fully saturated rings. The summed E-state index contributed by atoms with van der Waals surface area (Å²) in [6.45, 7) is 5.31. The average Bonchev–Trinajstić information content (AvgIpc) is 2.95. The lowest BCUT2D eigenvalue weighted by molar-refractivity contribution is 0.203. The van der Waals surface area contributed by atoms with E-state index in [1.807, 2.05) is 7.05 Å². The Balaban J connectivity index is 1.86. The molecule has 0 aliphatic heterocycles. The van der Waals surface area contributed by atoms with Crippen LogP contribution >= 0.6 is 12.2 Å². The summed E-state index contributed by atoms with van der Waals surface area (Å²) in [5.74, 6) is 0. The predicted molar refractivity (Wildman–Crippen MR) is 109 cm³/mol. The maximum Gasteiger partial charge on any atom is 0.169 e. The number of para-hydroxylation sites is 1. The molecule has 0 aliphatic rings. The van der Waals surface area contributed by atoms with Crippen LogP contribution in [-0.4, -0.2) is 41.9 Å². The summed E-state index contributed by atoms with van der Waals surface area (Å²) in [4.78, 5) is 2.06. The summed E-state index contributed by atoms with van der Waals surface area (Å²) in [6, 6.07) is 15.3. The van der Waals surface area contributed by atoms with Gasteiger partial charge in [-0.2, -0.15) is 0 Å². The minimum atomic E-state index is 0.649. The maximum atomic E-state index is 5.44. The number of aromatic nitrogens is 1. The number of benzene rings is 2. The number of nitrogens with zero attached hydrogens (tertiary/aromatic N) is 2. The highest BCUT2D eigenvalue weighted by Gasteiger charge is 2.11. The molecular formula is C20H25N3OS. The Hall–Kier alpha value is -2.11. The van der Waals surface area contributed by atoms with Gasteiger partial charge < -0.3 is 19.5 Å². The quantitative estimate of drug-likeness (QED) is 0.538. The summed E-state index contributed by atoms with van der Waals surface area (Å²) >= 11 is 5.44. The Kier molecular flexibility index (Phi) is 5.56. The number of ether oxygens (including phenoxy) is 1.